The highest BCUT2D eigenvalue weighted by atomic mass is 79.9. The lowest BCUT2D eigenvalue weighted by Gasteiger charge is -2.09. The van der Waals surface area contributed by atoms with Gasteiger partial charge in [0.05, 0.1) is 0 Å². The smallest absolute Gasteiger partial charge is 0.167 e. The van der Waals surface area contributed by atoms with Gasteiger partial charge in [-0.2, -0.15) is 0 Å². The maximum atomic E-state index is 12.2. The third-order valence-corrected chi connectivity index (χ3v) is 3.79. The highest BCUT2D eigenvalue weighted by Crippen LogP contribution is 2.33. The molecule has 88 valence electrons. The van der Waals surface area contributed by atoms with Crippen molar-refractivity contribution in [3.05, 3.63) is 75.8 Å². The normalized spacial score (nSPS) is 13.8. The van der Waals surface area contributed by atoms with Crippen molar-refractivity contribution < 1.29 is 4.79 Å². The largest absolute Gasteiger partial charge is 0.294 e. The van der Waals surface area contributed by atoms with Crippen molar-refractivity contribution >= 4 is 27.3 Å². The Hall–Kier alpha value is -1.67. The van der Waals surface area contributed by atoms with Gasteiger partial charge in [-0.05, 0) is 34.4 Å². The molecule has 0 saturated carbocycles. The van der Waals surface area contributed by atoms with Gasteiger partial charge in [-0.25, -0.2) is 0 Å². The first-order valence-corrected chi connectivity index (χ1v) is 6.56. The fourth-order valence-electron chi connectivity index (χ4n) is 2.39. The summed E-state index contributed by atoms with van der Waals surface area (Å²) in [7, 11) is 0. The predicted molar refractivity (Wildman–Crippen MR) is 76.8 cm³/mol. The van der Waals surface area contributed by atoms with Crippen molar-refractivity contribution in [2.45, 2.75) is 6.42 Å². The zero-order valence-corrected chi connectivity index (χ0v) is 11.3. The molecule has 1 aliphatic carbocycles. The molecule has 2 aromatic rings. The molecular formula is C16H11BrO. The third-order valence-electron chi connectivity index (χ3n) is 3.30. The molecule has 0 radical (unpaired) electrons. The van der Waals surface area contributed by atoms with Crippen molar-refractivity contribution in [2.24, 2.45) is 0 Å². The number of carbonyl (C=O) groups excluding carboxylic acids is 1. The second kappa shape index (κ2) is 4.21. The Bertz CT molecular complexity index is 671. The van der Waals surface area contributed by atoms with Crippen LogP contribution in [0.5, 0.6) is 0 Å². The van der Waals surface area contributed by atoms with Gasteiger partial charge in [-0.15, -0.1) is 0 Å². The summed E-state index contributed by atoms with van der Waals surface area (Å²) in [4.78, 5) is 12.2. The molecule has 0 atom stereocenters. The zero-order valence-electron chi connectivity index (χ0n) is 9.74. The lowest BCUT2D eigenvalue weighted by Crippen LogP contribution is -2.03. The molecule has 2 heteroatoms. The Labute approximate surface area is 114 Å². The van der Waals surface area contributed by atoms with Gasteiger partial charge in [0.15, 0.2) is 5.78 Å². The van der Waals surface area contributed by atoms with Gasteiger partial charge in [0.1, 0.15) is 0 Å². The Balaban J connectivity index is 2.29. The van der Waals surface area contributed by atoms with Gasteiger partial charge < -0.3 is 0 Å². The van der Waals surface area contributed by atoms with Crippen molar-refractivity contribution in [1.29, 1.82) is 0 Å². The van der Waals surface area contributed by atoms with Crippen molar-refractivity contribution in [3.8, 4) is 0 Å². The Kier molecular flexibility index (Phi) is 2.67. The lowest BCUT2D eigenvalue weighted by atomic mass is 9.96. The van der Waals surface area contributed by atoms with Crippen LogP contribution >= 0.6 is 15.9 Å². The molecule has 3 rings (SSSR count). The first-order chi connectivity index (χ1) is 8.66. The topological polar surface area (TPSA) is 17.1 Å². The molecule has 0 spiro atoms. The van der Waals surface area contributed by atoms with Crippen molar-refractivity contribution in [1.82, 2.24) is 0 Å². The maximum absolute atomic E-state index is 12.2. The van der Waals surface area contributed by atoms with E-state index in [9.17, 15) is 4.79 Å². The van der Waals surface area contributed by atoms with Crippen LogP contribution in [0, 0.1) is 0 Å². The predicted octanol–water partition coefficient (Wildman–Crippen LogP) is 4.25. The minimum atomic E-state index is 0.160. The van der Waals surface area contributed by atoms with E-state index in [1.165, 1.54) is 0 Å². The van der Waals surface area contributed by atoms with E-state index >= 15 is 0 Å². The van der Waals surface area contributed by atoms with Crippen LogP contribution in [0.2, 0.25) is 0 Å². The molecule has 0 aromatic heterocycles. The average molecular weight is 299 g/mol. The third kappa shape index (κ3) is 1.73. The van der Waals surface area contributed by atoms with Gasteiger partial charge in [0, 0.05) is 16.5 Å². The molecule has 18 heavy (non-hydrogen) atoms. The number of Topliss-reactive ketones (excluding diaryl/α,β-unsaturated/α-hetero) is 1. The van der Waals surface area contributed by atoms with E-state index in [4.69, 9.17) is 0 Å². The van der Waals surface area contributed by atoms with E-state index in [0.29, 0.717) is 6.42 Å². The standard InChI is InChI=1S/C16H11BrO/c1-10-13-4-2-3-5-14(13)16(18)8-11-6-7-12(17)9-15(10)11/h2-7,9H,1,8H2. The molecule has 1 nitrogen and oxygen atoms in total. The molecule has 0 N–H and O–H groups in total. The van der Waals surface area contributed by atoms with Crippen LogP contribution in [0.3, 0.4) is 0 Å². The molecule has 0 heterocycles. The monoisotopic (exact) mass is 298 g/mol. The molecule has 0 saturated heterocycles. The number of halogens is 1. The number of hydrogen-bond acceptors (Lipinski definition) is 1. The number of carbonyl (C=O) groups is 1. The number of rotatable bonds is 0. The van der Waals surface area contributed by atoms with Gasteiger partial charge in [0.25, 0.3) is 0 Å². The fraction of sp³-hybridized carbons (Fsp3) is 0.0625. The number of fused-ring (bicyclic) bond motifs is 2. The van der Waals surface area contributed by atoms with Crippen LogP contribution in [0.15, 0.2) is 53.5 Å². The number of hydrogen-bond donors (Lipinski definition) is 0. The summed E-state index contributed by atoms with van der Waals surface area (Å²) in [5.74, 6) is 0.160. The molecule has 1 aliphatic rings. The summed E-state index contributed by atoms with van der Waals surface area (Å²) in [6.07, 6.45) is 0.443. The van der Waals surface area contributed by atoms with E-state index in [0.717, 1.165) is 32.3 Å². The van der Waals surface area contributed by atoms with Crippen LogP contribution < -0.4 is 0 Å². The molecule has 0 amide bonds. The maximum Gasteiger partial charge on any atom is 0.167 e. The first-order valence-electron chi connectivity index (χ1n) is 5.77. The molecule has 0 bridgehead atoms. The quantitative estimate of drug-likeness (QED) is 0.711. The van der Waals surface area contributed by atoms with Crippen molar-refractivity contribution in [3.63, 3.8) is 0 Å². The van der Waals surface area contributed by atoms with E-state index in [1.807, 2.05) is 42.5 Å². The minimum Gasteiger partial charge on any atom is -0.294 e. The van der Waals surface area contributed by atoms with Crippen LogP contribution in [0.25, 0.3) is 5.57 Å². The summed E-state index contributed by atoms with van der Waals surface area (Å²) < 4.78 is 1.01. The molecular weight excluding hydrogens is 288 g/mol. The molecule has 2 aromatic carbocycles. The number of ketones is 1. The number of benzene rings is 2. The Morgan fingerprint density at radius 1 is 1.00 bits per heavy atom. The first kappa shape index (κ1) is 11.4. The summed E-state index contributed by atoms with van der Waals surface area (Å²) in [6, 6.07) is 13.7. The summed E-state index contributed by atoms with van der Waals surface area (Å²) in [5.41, 5.74) is 4.74. The minimum absolute atomic E-state index is 0.160. The highest BCUT2D eigenvalue weighted by Gasteiger charge is 2.21. The summed E-state index contributed by atoms with van der Waals surface area (Å²) in [6.45, 7) is 4.16. The van der Waals surface area contributed by atoms with Crippen molar-refractivity contribution in [2.75, 3.05) is 0 Å². The van der Waals surface area contributed by atoms with Crippen LogP contribution in [-0.4, -0.2) is 5.78 Å². The lowest BCUT2D eigenvalue weighted by molar-refractivity contribution is 0.0993. The molecule has 0 fully saturated rings. The summed E-state index contributed by atoms with van der Waals surface area (Å²) in [5, 5.41) is 0. The van der Waals surface area contributed by atoms with Gasteiger partial charge in [-0.3, -0.25) is 4.79 Å². The fourth-order valence-corrected chi connectivity index (χ4v) is 2.75. The van der Waals surface area contributed by atoms with Crippen LogP contribution in [-0.2, 0) is 6.42 Å². The molecule has 0 aliphatic heterocycles. The van der Waals surface area contributed by atoms with E-state index in [1.54, 1.807) is 0 Å². The Morgan fingerprint density at radius 2 is 1.72 bits per heavy atom. The van der Waals surface area contributed by atoms with E-state index in [2.05, 4.69) is 22.5 Å². The van der Waals surface area contributed by atoms with E-state index in [-0.39, 0.29) is 5.78 Å². The second-order valence-corrected chi connectivity index (χ2v) is 5.34. The second-order valence-electron chi connectivity index (χ2n) is 4.43. The average Bonchev–Trinajstić information content (AvgIpc) is 2.48. The van der Waals surface area contributed by atoms with Gasteiger partial charge >= 0.3 is 0 Å². The van der Waals surface area contributed by atoms with Gasteiger partial charge in [-0.1, -0.05) is 52.8 Å². The van der Waals surface area contributed by atoms with E-state index < -0.39 is 0 Å². The summed E-state index contributed by atoms with van der Waals surface area (Å²) >= 11 is 3.47. The Morgan fingerprint density at radius 3 is 2.50 bits per heavy atom. The van der Waals surface area contributed by atoms with Crippen LogP contribution in [0.4, 0.5) is 0 Å². The van der Waals surface area contributed by atoms with Crippen LogP contribution in [0.1, 0.15) is 27.0 Å². The van der Waals surface area contributed by atoms with Gasteiger partial charge in [0.2, 0.25) is 0 Å². The SMILES string of the molecule is C=C1c2cc(Br)ccc2CC(=O)c2ccccc21. The molecule has 0 unspecified atom stereocenters. The highest BCUT2D eigenvalue weighted by molar-refractivity contribution is 9.10. The zero-order chi connectivity index (χ0) is 12.7.